The summed E-state index contributed by atoms with van der Waals surface area (Å²) in [7, 11) is 0. The Labute approximate surface area is 66.9 Å². The van der Waals surface area contributed by atoms with Crippen molar-refractivity contribution in [2.75, 3.05) is 0 Å². The smallest absolute Gasteiger partial charge is 0.161 e. The summed E-state index contributed by atoms with van der Waals surface area (Å²) < 4.78 is 0. The highest BCUT2D eigenvalue weighted by molar-refractivity contribution is 5.95. The molecule has 1 aliphatic rings. The lowest BCUT2D eigenvalue weighted by atomic mass is 9.77. The van der Waals surface area contributed by atoms with Crippen LogP contribution in [0.1, 0.15) is 20.8 Å². The topological polar surface area (TPSA) is 37.3 Å². The molecule has 0 fully saturated rings. The van der Waals surface area contributed by atoms with Crippen LogP contribution in [0.2, 0.25) is 0 Å². The SMILES string of the molecule is CC(C)(C)[C@H]1C(=O)C=C[C@@H]1O. The number of aliphatic hydroxyl groups is 1. The summed E-state index contributed by atoms with van der Waals surface area (Å²) >= 11 is 0. The van der Waals surface area contributed by atoms with Crippen molar-refractivity contribution < 1.29 is 9.90 Å². The molecule has 0 aromatic rings. The van der Waals surface area contributed by atoms with E-state index in [0.717, 1.165) is 0 Å². The average molecular weight is 154 g/mol. The van der Waals surface area contributed by atoms with Crippen molar-refractivity contribution in [1.29, 1.82) is 0 Å². The van der Waals surface area contributed by atoms with E-state index in [4.69, 9.17) is 0 Å². The molecule has 62 valence electrons. The van der Waals surface area contributed by atoms with E-state index in [1.54, 1.807) is 6.08 Å². The highest BCUT2D eigenvalue weighted by Gasteiger charge is 2.37. The van der Waals surface area contributed by atoms with E-state index < -0.39 is 6.10 Å². The van der Waals surface area contributed by atoms with Crippen molar-refractivity contribution in [2.45, 2.75) is 26.9 Å². The molecule has 0 unspecified atom stereocenters. The Kier molecular flexibility index (Phi) is 1.89. The van der Waals surface area contributed by atoms with Crippen molar-refractivity contribution in [2.24, 2.45) is 11.3 Å². The number of allylic oxidation sites excluding steroid dienone is 1. The van der Waals surface area contributed by atoms with Crippen molar-refractivity contribution in [1.82, 2.24) is 0 Å². The van der Waals surface area contributed by atoms with Crippen LogP contribution in [-0.4, -0.2) is 17.0 Å². The third-order valence-corrected chi connectivity index (χ3v) is 2.04. The van der Waals surface area contributed by atoms with Crippen LogP contribution in [0.5, 0.6) is 0 Å². The maximum absolute atomic E-state index is 11.2. The zero-order valence-electron chi connectivity index (χ0n) is 7.16. The van der Waals surface area contributed by atoms with Crippen LogP contribution in [0.15, 0.2) is 12.2 Å². The van der Waals surface area contributed by atoms with E-state index in [1.807, 2.05) is 20.8 Å². The standard InChI is InChI=1S/C9H14O2/c1-9(2,3)8-6(10)4-5-7(8)11/h4-6,8,10H,1-3H3/t6-,8+/m0/s1. The molecule has 0 radical (unpaired) electrons. The van der Waals surface area contributed by atoms with Gasteiger partial charge < -0.3 is 5.11 Å². The van der Waals surface area contributed by atoms with E-state index in [-0.39, 0.29) is 17.1 Å². The Morgan fingerprint density at radius 2 is 2.00 bits per heavy atom. The zero-order valence-corrected chi connectivity index (χ0v) is 7.16. The molecule has 1 rings (SSSR count). The number of carbonyl (C=O) groups is 1. The summed E-state index contributed by atoms with van der Waals surface area (Å²) in [6.07, 6.45) is 2.46. The molecular weight excluding hydrogens is 140 g/mol. The molecule has 1 aliphatic carbocycles. The minimum atomic E-state index is -0.581. The molecule has 0 amide bonds. The molecule has 2 atom stereocenters. The molecule has 11 heavy (non-hydrogen) atoms. The number of carbonyl (C=O) groups excluding carboxylic acids is 1. The van der Waals surface area contributed by atoms with E-state index in [9.17, 15) is 9.90 Å². The monoisotopic (exact) mass is 154 g/mol. The summed E-state index contributed by atoms with van der Waals surface area (Å²) in [5, 5.41) is 9.39. The minimum absolute atomic E-state index is 0.0463. The first-order valence-electron chi connectivity index (χ1n) is 3.83. The maximum Gasteiger partial charge on any atom is 0.161 e. The van der Waals surface area contributed by atoms with Crippen LogP contribution >= 0.6 is 0 Å². The lowest BCUT2D eigenvalue weighted by Gasteiger charge is -2.27. The second kappa shape index (κ2) is 2.45. The van der Waals surface area contributed by atoms with Gasteiger partial charge in [-0.15, -0.1) is 0 Å². The zero-order chi connectivity index (χ0) is 8.65. The van der Waals surface area contributed by atoms with Crippen molar-refractivity contribution in [3.8, 4) is 0 Å². The Morgan fingerprint density at radius 3 is 2.18 bits per heavy atom. The largest absolute Gasteiger partial charge is 0.388 e. The van der Waals surface area contributed by atoms with Gasteiger partial charge in [0.05, 0.1) is 12.0 Å². The first kappa shape index (κ1) is 8.47. The van der Waals surface area contributed by atoms with Crippen LogP contribution in [0.4, 0.5) is 0 Å². The molecule has 0 saturated carbocycles. The lowest BCUT2D eigenvalue weighted by molar-refractivity contribution is -0.123. The van der Waals surface area contributed by atoms with E-state index >= 15 is 0 Å². The van der Waals surface area contributed by atoms with Crippen LogP contribution in [0.25, 0.3) is 0 Å². The predicted octanol–water partition coefficient (Wildman–Crippen LogP) is 1.15. The number of aliphatic hydroxyl groups excluding tert-OH is 1. The molecule has 2 nitrogen and oxygen atoms in total. The normalized spacial score (nSPS) is 31.5. The molecular formula is C9H14O2. The van der Waals surface area contributed by atoms with Gasteiger partial charge in [0.15, 0.2) is 5.78 Å². The van der Waals surface area contributed by atoms with Gasteiger partial charge in [-0.3, -0.25) is 4.79 Å². The van der Waals surface area contributed by atoms with E-state index in [1.165, 1.54) is 6.08 Å². The second-order valence-corrected chi connectivity index (χ2v) is 4.10. The Hall–Kier alpha value is -0.630. The summed E-state index contributed by atoms with van der Waals surface area (Å²) in [5.41, 5.74) is -0.139. The van der Waals surface area contributed by atoms with Crippen molar-refractivity contribution >= 4 is 5.78 Å². The summed E-state index contributed by atoms with van der Waals surface area (Å²) in [4.78, 5) is 11.2. The number of ketones is 1. The molecule has 0 aromatic heterocycles. The summed E-state index contributed by atoms with van der Waals surface area (Å²) in [6, 6.07) is 0. The molecule has 1 N–H and O–H groups in total. The van der Waals surface area contributed by atoms with Gasteiger partial charge in [-0.1, -0.05) is 26.8 Å². The summed E-state index contributed by atoms with van der Waals surface area (Å²) in [6.45, 7) is 5.89. The Balaban J connectivity index is 2.82. The Bertz CT molecular complexity index is 198. The van der Waals surface area contributed by atoms with E-state index in [2.05, 4.69) is 0 Å². The third-order valence-electron chi connectivity index (χ3n) is 2.04. The molecule has 0 heterocycles. The fraction of sp³-hybridized carbons (Fsp3) is 0.667. The number of hydrogen-bond acceptors (Lipinski definition) is 2. The third kappa shape index (κ3) is 1.51. The quantitative estimate of drug-likeness (QED) is 0.568. The molecule has 0 aliphatic heterocycles. The first-order valence-corrected chi connectivity index (χ1v) is 3.83. The first-order chi connectivity index (χ1) is 4.93. The van der Waals surface area contributed by atoms with Gasteiger partial charge in [-0.05, 0) is 11.5 Å². The van der Waals surface area contributed by atoms with Crippen LogP contribution < -0.4 is 0 Å². The molecule has 2 heteroatoms. The highest BCUT2D eigenvalue weighted by Crippen LogP contribution is 2.33. The van der Waals surface area contributed by atoms with Gasteiger partial charge in [0.2, 0.25) is 0 Å². The van der Waals surface area contributed by atoms with Crippen LogP contribution in [0.3, 0.4) is 0 Å². The van der Waals surface area contributed by atoms with E-state index in [0.29, 0.717) is 0 Å². The molecule has 0 bridgehead atoms. The van der Waals surface area contributed by atoms with Gasteiger partial charge in [-0.25, -0.2) is 0 Å². The lowest BCUT2D eigenvalue weighted by Crippen LogP contribution is -2.32. The molecule has 0 aromatic carbocycles. The van der Waals surface area contributed by atoms with Gasteiger partial charge in [0.1, 0.15) is 0 Å². The second-order valence-electron chi connectivity index (χ2n) is 4.10. The molecule has 0 spiro atoms. The molecule has 0 saturated heterocycles. The summed E-state index contributed by atoms with van der Waals surface area (Å²) in [5.74, 6) is -0.201. The van der Waals surface area contributed by atoms with Gasteiger partial charge >= 0.3 is 0 Å². The van der Waals surface area contributed by atoms with Crippen molar-refractivity contribution in [3.05, 3.63) is 12.2 Å². The highest BCUT2D eigenvalue weighted by atomic mass is 16.3. The minimum Gasteiger partial charge on any atom is -0.388 e. The number of rotatable bonds is 0. The van der Waals surface area contributed by atoms with Gasteiger partial charge in [-0.2, -0.15) is 0 Å². The fourth-order valence-electron chi connectivity index (χ4n) is 1.52. The maximum atomic E-state index is 11.2. The van der Waals surface area contributed by atoms with Gasteiger partial charge in [0.25, 0.3) is 0 Å². The number of hydrogen-bond donors (Lipinski definition) is 1. The Morgan fingerprint density at radius 1 is 1.45 bits per heavy atom. The average Bonchev–Trinajstić information content (AvgIpc) is 2.08. The van der Waals surface area contributed by atoms with Gasteiger partial charge in [0, 0.05) is 0 Å². The predicted molar refractivity (Wildman–Crippen MR) is 43.1 cm³/mol. The van der Waals surface area contributed by atoms with Crippen LogP contribution in [0, 0.1) is 11.3 Å². The fourth-order valence-corrected chi connectivity index (χ4v) is 1.52. The van der Waals surface area contributed by atoms with Crippen molar-refractivity contribution in [3.63, 3.8) is 0 Å². The van der Waals surface area contributed by atoms with Crippen LogP contribution in [-0.2, 0) is 4.79 Å².